The first kappa shape index (κ1) is 14.3. The third kappa shape index (κ3) is 2.36. The van der Waals surface area contributed by atoms with Crippen molar-refractivity contribution in [2.24, 2.45) is 0 Å². The maximum atomic E-state index is 12.8. The quantitative estimate of drug-likeness (QED) is 0.583. The summed E-state index contributed by atoms with van der Waals surface area (Å²) in [4.78, 5) is 17.3. The molecule has 0 aliphatic carbocycles. The summed E-state index contributed by atoms with van der Waals surface area (Å²) in [5.74, 6) is 0.756. The fourth-order valence-electron chi connectivity index (χ4n) is 2.69. The van der Waals surface area contributed by atoms with Gasteiger partial charge in [-0.25, -0.2) is 4.98 Å². The fourth-order valence-corrected chi connectivity index (χ4v) is 2.69. The van der Waals surface area contributed by atoms with Crippen LogP contribution in [0.5, 0.6) is 5.75 Å². The minimum atomic E-state index is -0.155. The molecule has 0 saturated heterocycles. The van der Waals surface area contributed by atoms with Crippen molar-refractivity contribution in [3.8, 4) is 22.7 Å². The molecule has 24 heavy (non-hydrogen) atoms. The van der Waals surface area contributed by atoms with E-state index in [1.165, 1.54) is 0 Å². The van der Waals surface area contributed by atoms with Gasteiger partial charge in [0.2, 0.25) is 5.65 Å². The molecule has 0 saturated carbocycles. The molecular formula is C19H15N3O2. The lowest BCUT2D eigenvalue weighted by atomic mass is 10.1. The Kier molecular flexibility index (Phi) is 3.39. The Morgan fingerprint density at radius 3 is 2.62 bits per heavy atom. The number of nitrogens with zero attached hydrogens (tertiary/aromatic N) is 3. The van der Waals surface area contributed by atoms with E-state index < -0.39 is 0 Å². The minimum Gasteiger partial charge on any atom is -0.497 e. The van der Waals surface area contributed by atoms with Gasteiger partial charge in [-0.3, -0.25) is 9.36 Å². The molecule has 0 N–H and O–H groups in total. The molecule has 0 radical (unpaired) electrons. The highest BCUT2D eigenvalue weighted by atomic mass is 16.5. The van der Waals surface area contributed by atoms with Crippen molar-refractivity contribution in [2.75, 3.05) is 7.11 Å². The number of ether oxygens (including phenoxy) is 1. The minimum absolute atomic E-state index is 0.155. The average molecular weight is 317 g/mol. The summed E-state index contributed by atoms with van der Waals surface area (Å²) in [7, 11) is 1.63. The number of methoxy groups -OCH3 is 1. The van der Waals surface area contributed by atoms with E-state index in [1.54, 1.807) is 22.3 Å². The Bertz CT molecular complexity index is 1060. The second-order valence-electron chi connectivity index (χ2n) is 5.40. The smallest absolute Gasteiger partial charge is 0.298 e. The Balaban J connectivity index is 1.87. The molecule has 4 rings (SSSR count). The van der Waals surface area contributed by atoms with Gasteiger partial charge in [0.1, 0.15) is 5.75 Å². The van der Waals surface area contributed by atoms with Crippen molar-refractivity contribution in [1.29, 1.82) is 0 Å². The Hall–Kier alpha value is -3.34. The molecule has 5 nitrogen and oxygen atoms in total. The zero-order valence-corrected chi connectivity index (χ0v) is 13.1. The maximum absolute atomic E-state index is 12.8. The molecule has 0 bridgehead atoms. The van der Waals surface area contributed by atoms with Crippen LogP contribution in [-0.4, -0.2) is 21.1 Å². The molecule has 2 aromatic carbocycles. The second kappa shape index (κ2) is 5.70. The van der Waals surface area contributed by atoms with Gasteiger partial charge in [0, 0.05) is 29.8 Å². The van der Waals surface area contributed by atoms with Crippen molar-refractivity contribution >= 4 is 5.65 Å². The van der Waals surface area contributed by atoms with Crippen LogP contribution in [0.3, 0.4) is 0 Å². The van der Waals surface area contributed by atoms with E-state index in [4.69, 9.17) is 4.74 Å². The highest BCUT2D eigenvalue weighted by Crippen LogP contribution is 2.22. The number of hydrogen-bond acceptors (Lipinski definition) is 3. The molecule has 0 aliphatic rings. The van der Waals surface area contributed by atoms with E-state index in [9.17, 15) is 4.79 Å². The van der Waals surface area contributed by atoms with Gasteiger partial charge in [-0.05, 0) is 24.3 Å². The Morgan fingerprint density at radius 1 is 1.00 bits per heavy atom. The third-order valence-electron chi connectivity index (χ3n) is 3.92. The highest BCUT2D eigenvalue weighted by molar-refractivity contribution is 5.64. The van der Waals surface area contributed by atoms with E-state index in [1.807, 2.05) is 67.0 Å². The van der Waals surface area contributed by atoms with E-state index in [0.29, 0.717) is 5.65 Å². The molecule has 0 amide bonds. The predicted molar refractivity (Wildman–Crippen MR) is 92.8 cm³/mol. The summed E-state index contributed by atoms with van der Waals surface area (Å²) >= 11 is 0. The van der Waals surface area contributed by atoms with E-state index in [-0.39, 0.29) is 5.56 Å². The maximum Gasteiger partial charge on any atom is 0.298 e. The van der Waals surface area contributed by atoms with Crippen LogP contribution in [0.25, 0.3) is 22.6 Å². The molecule has 4 aromatic rings. The fraction of sp³-hybridized carbons (Fsp3) is 0.0526. The van der Waals surface area contributed by atoms with Crippen LogP contribution in [0.15, 0.2) is 78.0 Å². The Labute approximate surface area is 138 Å². The molecule has 5 heteroatoms. The van der Waals surface area contributed by atoms with Crippen LogP contribution in [0.4, 0.5) is 0 Å². The molecule has 2 aromatic heterocycles. The van der Waals surface area contributed by atoms with Gasteiger partial charge in [0.25, 0.3) is 5.56 Å². The first-order valence-corrected chi connectivity index (χ1v) is 7.56. The molecule has 0 atom stereocenters. The normalized spacial score (nSPS) is 10.9. The van der Waals surface area contributed by atoms with E-state index in [2.05, 4.69) is 4.98 Å². The van der Waals surface area contributed by atoms with Crippen molar-refractivity contribution in [3.63, 3.8) is 0 Å². The third-order valence-corrected chi connectivity index (χ3v) is 3.92. The van der Waals surface area contributed by atoms with Crippen molar-refractivity contribution in [2.45, 2.75) is 0 Å². The van der Waals surface area contributed by atoms with Crippen LogP contribution < -0.4 is 10.3 Å². The molecule has 0 aliphatic heterocycles. The second-order valence-corrected chi connectivity index (χ2v) is 5.40. The molecule has 118 valence electrons. The molecular weight excluding hydrogens is 302 g/mol. The molecule has 0 unspecified atom stereocenters. The Morgan fingerprint density at radius 2 is 1.83 bits per heavy atom. The first-order chi connectivity index (χ1) is 11.8. The highest BCUT2D eigenvalue weighted by Gasteiger charge is 2.10. The summed E-state index contributed by atoms with van der Waals surface area (Å²) in [5, 5.41) is 0. The summed E-state index contributed by atoms with van der Waals surface area (Å²) in [6, 6.07) is 17.1. The average Bonchev–Trinajstić information content (AvgIpc) is 3.08. The van der Waals surface area contributed by atoms with Gasteiger partial charge < -0.3 is 9.14 Å². The van der Waals surface area contributed by atoms with Gasteiger partial charge in [-0.1, -0.05) is 30.3 Å². The molecule has 2 heterocycles. The number of rotatable bonds is 3. The standard InChI is InChI=1S/C19H15N3O2/c1-24-16-9-5-6-14(12-16)17-13-21-10-11-22(19(23)18(21)20-17)15-7-3-2-4-8-15/h2-13H,1H3. The summed E-state index contributed by atoms with van der Waals surface area (Å²) in [6.07, 6.45) is 5.43. The number of fused-ring (bicyclic) bond motifs is 1. The first-order valence-electron chi connectivity index (χ1n) is 7.56. The van der Waals surface area contributed by atoms with Gasteiger partial charge in [-0.2, -0.15) is 0 Å². The monoisotopic (exact) mass is 317 g/mol. The topological polar surface area (TPSA) is 48.5 Å². The van der Waals surface area contributed by atoms with Crippen molar-refractivity contribution in [1.82, 2.24) is 14.0 Å². The van der Waals surface area contributed by atoms with E-state index >= 15 is 0 Å². The van der Waals surface area contributed by atoms with Crippen LogP contribution in [0.2, 0.25) is 0 Å². The van der Waals surface area contributed by atoms with Gasteiger partial charge in [-0.15, -0.1) is 0 Å². The lowest BCUT2D eigenvalue weighted by Gasteiger charge is -2.04. The van der Waals surface area contributed by atoms with Crippen molar-refractivity contribution in [3.05, 3.63) is 83.5 Å². The van der Waals surface area contributed by atoms with Crippen LogP contribution in [0.1, 0.15) is 0 Å². The van der Waals surface area contributed by atoms with Crippen LogP contribution in [-0.2, 0) is 0 Å². The number of hydrogen-bond donors (Lipinski definition) is 0. The van der Waals surface area contributed by atoms with E-state index in [0.717, 1.165) is 22.7 Å². The van der Waals surface area contributed by atoms with Gasteiger partial charge in [0.15, 0.2) is 0 Å². The zero-order chi connectivity index (χ0) is 16.5. The van der Waals surface area contributed by atoms with Crippen LogP contribution in [0, 0.1) is 0 Å². The predicted octanol–water partition coefficient (Wildman–Crippen LogP) is 3.16. The zero-order valence-electron chi connectivity index (χ0n) is 13.1. The lowest BCUT2D eigenvalue weighted by molar-refractivity contribution is 0.415. The van der Waals surface area contributed by atoms with Crippen molar-refractivity contribution < 1.29 is 4.74 Å². The molecule has 0 fully saturated rings. The number of imidazole rings is 1. The summed E-state index contributed by atoms with van der Waals surface area (Å²) in [5.41, 5.74) is 2.69. The summed E-state index contributed by atoms with van der Waals surface area (Å²) < 4.78 is 8.59. The SMILES string of the molecule is COc1cccc(-c2cn3ccn(-c4ccccc4)c(=O)c3n2)c1. The molecule has 0 spiro atoms. The number of para-hydroxylation sites is 1. The largest absolute Gasteiger partial charge is 0.497 e. The lowest BCUT2D eigenvalue weighted by Crippen LogP contribution is -2.19. The summed E-state index contributed by atoms with van der Waals surface area (Å²) in [6.45, 7) is 0. The van der Waals surface area contributed by atoms with Gasteiger partial charge >= 0.3 is 0 Å². The van der Waals surface area contributed by atoms with Gasteiger partial charge in [0.05, 0.1) is 12.8 Å². The number of benzene rings is 2. The number of aromatic nitrogens is 3. The van der Waals surface area contributed by atoms with Crippen LogP contribution >= 0.6 is 0 Å².